The van der Waals surface area contributed by atoms with Crippen LogP contribution in [0.5, 0.6) is 5.75 Å². The van der Waals surface area contributed by atoms with E-state index >= 15 is 0 Å². The third-order valence-electron chi connectivity index (χ3n) is 3.96. The molecule has 1 aromatic carbocycles. The first kappa shape index (κ1) is 16.7. The minimum Gasteiger partial charge on any atom is -0.494 e. The average Bonchev–Trinajstić information content (AvgIpc) is 2.55. The van der Waals surface area contributed by atoms with Crippen molar-refractivity contribution < 1.29 is 13.9 Å². The molecule has 0 spiro atoms. The molecule has 2 N–H and O–H groups in total. The van der Waals surface area contributed by atoms with E-state index in [0.717, 1.165) is 25.9 Å². The number of rotatable bonds is 8. The van der Waals surface area contributed by atoms with E-state index in [9.17, 15) is 9.18 Å². The molecule has 0 saturated carbocycles. The van der Waals surface area contributed by atoms with Gasteiger partial charge in [0.2, 0.25) is 5.91 Å². The predicted molar refractivity (Wildman–Crippen MR) is 84.3 cm³/mol. The summed E-state index contributed by atoms with van der Waals surface area (Å²) in [6.45, 7) is 3.28. The molecule has 0 aliphatic carbocycles. The highest BCUT2D eigenvalue weighted by atomic mass is 19.1. The fourth-order valence-electron chi connectivity index (χ4n) is 2.61. The number of carbonyl (C=O) groups is 1. The van der Waals surface area contributed by atoms with E-state index in [1.54, 1.807) is 12.1 Å². The molecule has 1 fully saturated rings. The number of halogens is 1. The molecule has 1 amide bonds. The number of piperidine rings is 1. The zero-order valence-electron chi connectivity index (χ0n) is 12.9. The van der Waals surface area contributed by atoms with Crippen LogP contribution >= 0.6 is 0 Å². The first-order valence-corrected chi connectivity index (χ1v) is 8.10. The van der Waals surface area contributed by atoms with Gasteiger partial charge in [-0.15, -0.1) is 0 Å². The predicted octanol–water partition coefficient (Wildman–Crippen LogP) is 2.49. The van der Waals surface area contributed by atoms with E-state index in [0.29, 0.717) is 31.2 Å². The standard InChI is InChI=1S/C17H25FN2O2/c18-15-3-5-16(6-4-15)22-13-1-10-20-17(21)7-2-14-8-11-19-12-9-14/h3-6,14,19H,1-2,7-13H2,(H,20,21). The zero-order chi connectivity index (χ0) is 15.6. The molecule has 1 saturated heterocycles. The second-order valence-corrected chi connectivity index (χ2v) is 5.74. The maximum Gasteiger partial charge on any atom is 0.220 e. The third kappa shape index (κ3) is 6.43. The van der Waals surface area contributed by atoms with Crippen LogP contribution in [0.1, 0.15) is 32.1 Å². The summed E-state index contributed by atoms with van der Waals surface area (Å²) < 4.78 is 18.2. The maximum absolute atomic E-state index is 12.7. The van der Waals surface area contributed by atoms with Crippen molar-refractivity contribution in [3.05, 3.63) is 30.1 Å². The summed E-state index contributed by atoms with van der Waals surface area (Å²) in [6, 6.07) is 5.95. The summed E-state index contributed by atoms with van der Waals surface area (Å²) in [7, 11) is 0. The Balaban J connectivity index is 1.49. The van der Waals surface area contributed by atoms with Crippen LogP contribution in [-0.2, 0) is 4.79 Å². The molecule has 0 unspecified atom stereocenters. The summed E-state index contributed by atoms with van der Waals surface area (Å²) in [5.74, 6) is 1.20. The maximum atomic E-state index is 12.7. The topological polar surface area (TPSA) is 50.4 Å². The van der Waals surface area contributed by atoms with Gasteiger partial charge in [-0.2, -0.15) is 0 Å². The van der Waals surface area contributed by atoms with Gasteiger partial charge in [0.25, 0.3) is 0 Å². The van der Waals surface area contributed by atoms with Gasteiger partial charge in [-0.05, 0) is 69.0 Å². The fraction of sp³-hybridized carbons (Fsp3) is 0.588. The molecule has 1 aliphatic heterocycles. The summed E-state index contributed by atoms with van der Waals surface area (Å²) >= 11 is 0. The van der Waals surface area contributed by atoms with Gasteiger partial charge in [0.1, 0.15) is 11.6 Å². The number of benzene rings is 1. The molecule has 122 valence electrons. The Morgan fingerprint density at radius 3 is 2.73 bits per heavy atom. The molecule has 0 bridgehead atoms. The van der Waals surface area contributed by atoms with Crippen molar-refractivity contribution in [2.45, 2.75) is 32.1 Å². The quantitative estimate of drug-likeness (QED) is 0.726. The van der Waals surface area contributed by atoms with Gasteiger partial charge in [0.05, 0.1) is 6.61 Å². The molecule has 22 heavy (non-hydrogen) atoms. The lowest BCUT2D eigenvalue weighted by Crippen LogP contribution is -2.30. The van der Waals surface area contributed by atoms with Gasteiger partial charge in [-0.25, -0.2) is 4.39 Å². The van der Waals surface area contributed by atoms with Crippen molar-refractivity contribution in [1.29, 1.82) is 0 Å². The fourth-order valence-corrected chi connectivity index (χ4v) is 2.61. The minimum atomic E-state index is -0.270. The minimum absolute atomic E-state index is 0.125. The lowest BCUT2D eigenvalue weighted by atomic mass is 9.93. The summed E-state index contributed by atoms with van der Waals surface area (Å²) in [4.78, 5) is 11.7. The van der Waals surface area contributed by atoms with E-state index in [1.807, 2.05) is 0 Å². The van der Waals surface area contributed by atoms with Crippen molar-refractivity contribution in [3.8, 4) is 5.75 Å². The normalized spacial score (nSPS) is 15.5. The largest absolute Gasteiger partial charge is 0.494 e. The molecule has 1 heterocycles. The van der Waals surface area contributed by atoms with Gasteiger partial charge < -0.3 is 15.4 Å². The van der Waals surface area contributed by atoms with E-state index < -0.39 is 0 Å². The first-order valence-electron chi connectivity index (χ1n) is 8.10. The SMILES string of the molecule is O=C(CCC1CCNCC1)NCCCOc1ccc(F)cc1. The monoisotopic (exact) mass is 308 g/mol. The number of carbonyl (C=O) groups excluding carboxylic acids is 1. The van der Waals surface area contributed by atoms with E-state index in [1.165, 1.54) is 25.0 Å². The van der Waals surface area contributed by atoms with Crippen molar-refractivity contribution in [2.24, 2.45) is 5.92 Å². The highest BCUT2D eigenvalue weighted by Crippen LogP contribution is 2.17. The van der Waals surface area contributed by atoms with Crippen molar-refractivity contribution in [3.63, 3.8) is 0 Å². The van der Waals surface area contributed by atoms with Gasteiger partial charge in [0.15, 0.2) is 0 Å². The number of hydrogen-bond donors (Lipinski definition) is 2. The Morgan fingerprint density at radius 1 is 1.27 bits per heavy atom. The molecule has 1 aliphatic rings. The van der Waals surface area contributed by atoms with Crippen molar-refractivity contribution in [1.82, 2.24) is 10.6 Å². The molecule has 0 aromatic heterocycles. The molecule has 1 aromatic rings. The summed E-state index contributed by atoms with van der Waals surface area (Å²) in [5.41, 5.74) is 0. The Morgan fingerprint density at radius 2 is 2.00 bits per heavy atom. The second kappa shape index (κ2) is 9.41. The molecular weight excluding hydrogens is 283 g/mol. The zero-order valence-corrected chi connectivity index (χ0v) is 12.9. The lowest BCUT2D eigenvalue weighted by molar-refractivity contribution is -0.121. The van der Waals surface area contributed by atoms with Crippen LogP contribution in [0.15, 0.2) is 24.3 Å². The Labute approximate surface area is 131 Å². The van der Waals surface area contributed by atoms with Gasteiger partial charge in [-0.1, -0.05) is 0 Å². The average molecular weight is 308 g/mol. The van der Waals surface area contributed by atoms with Gasteiger partial charge in [0, 0.05) is 13.0 Å². The lowest BCUT2D eigenvalue weighted by Gasteiger charge is -2.22. The summed E-state index contributed by atoms with van der Waals surface area (Å²) in [6.07, 6.45) is 4.71. The summed E-state index contributed by atoms with van der Waals surface area (Å²) in [5, 5.41) is 6.26. The number of hydrogen-bond acceptors (Lipinski definition) is 3. The highest BCUT2D eigenvalue weighted by Gasteiger charge is 2.14. The number of amides is 1. The third-order valence-corrected chi connectivity index (χ3v) is 3.96. The highest BCUT2D eigenvalue weighted by molar-refractivity contribution is 5.75. The van der Waals surface area contributed by atoms with E-state index in [-0.39, 0.29) is 11.7 Å². The van der Waals surface area contributed by atoms with Crippen LogP contribution in [0.4, 0.5) is 4.39 Å². The molecule has 0 radical (unpaired) electrons. The van der Waals surface area contributed by atoms with Crippen molar-refractivity contribution in [2.75, 3.05) is 26.2 Å². The smallest absolute Gasteiger partial charge is 0.220 e. The van der Waals surface area contributed by atoms with Crippen LogP contribution in [0, 0.1) is 11.7 Å². The van der Waals surface area contributed by atoms with E-state index in [4.69, 9.17) is 4.74 Å². The second-order valence-electron chi connectivity index (χ2n) is 5.74. The molecule has 5 heteroatoms. The van der Waals surface area contributed by atoms with Crippen molar-refractivity contribution >= 4 is 5.91 Å². The number of nitrogens with one attached hydrogen (secondary N) is 2. The Kier molecular flexibility index (Phi) is 7.16. The van der Waals surface area contributed by atoms with Crippen LogP contribution in [0.25, 0.3) is 0 Å². The van der Waals surface area contributed by atoms with E-state index in [2.05, 4.69) is 10.6 Å². The molecular formula is C17H25FN2O2. The van der Waals surface area contributed by atoms with Gasteiger partial charge >= 0.3 is 0 Å². The van der Waals surface area contributed by atoms with Gasteiger partial charge in [-0.3, -0.25) is 4.79 Å². The first-order chi connectivity index (χ1) is 10.7. The molecule has 2 rings (SSSR count). The molecule has 4 nitrogen and oxygen atoms in total. The number of ether oxygens (including phenoxy) is 1. The van der Waals surface area contributed by atoms with Crippen LogP contribution in [-0.4, -0.2) is 32.1 Å². The van der Waals surface area contributed by atoms with Crippen LogP contribution in [0.3, 0.4) is 0 Å². The molecule has 0 atom stereocenters. The Hall–Kier alpha value is -1.62. The van der Waals surface area contributed by atoms with Crippen LogP contribution < -0.4 is 15.4 Å². The van der Waals surface area contributed by atoms with Crippen LogP contribution in [0.2, 0.25) is 0 Å². The Bertz CT molecular complexity index is 444.